The summed E-state index contributed by atoms with van der Waals surface area (Å²) < 4.78 is 10.5. The predicted molar refractivity (Wildman–Crippen MR) is 76.8 cm³/mol. The van der Waals surface area contributed by atoms with Crippen molar-refractivity contribution in [2.45, 2.75) is 19.4 Å². The normalized spacial score (nSPS) is 19.2. The van der Waals surface area contributed by atoms with E-state index in [-0.39, 0.29) is 0 Å². The first kappa shape index (κ1) is 14.2. The van der Waals surface area contributed by atoms with Crippen LogP contribution in [0.25, 0.3) is 0 Å². The molecular formula is C15H24N2O2. The highest BCUT2D eigenvalue weighted by atomic mass is 16.5. The molecule has 106 valence electrons. The second kappa shape index (κ2) is 7.36. The van der Waals surface area contributed by atoms with Crippen molar-refractivity contribution in [2.75, 3.05) is 33.9 Å². The lowest BCUT2D eigenvalue weighted by Crippen LogP contribution is -2.35. The molecule has 1 atom stereocenters. The van der Waals surface area contributed by atoms with Gasteiger partial charge >= 0.3 is 0 Å². The Morgan fingerprint density at radius 2 is 2.11 bits per heavy atom. The van der Waals surface area contributed by atoms with E-state index in [4.69, 9.17) is 9.47 Å². The van der Waals surface area contributed by atoms with Crippen LogP contribution in [-0.2, 0) is 6.54 Å². The first-order valence-corrected chi connectivity index (χ1v) is 6.96. The van der Waals surface area contributed by atoms with Gasteiger partial charge in [0.25, 0.3) is 0 Å². The number of hydrogen-bond acceptors (Lipinski definition) is 4. The number of rotatable bonds is 6. The summed E-state index contributed by atoms with van der Waals surface area (Å²) >= 11 is 0. The van der Waals surface area contributed by atoms with Gasteiger partial charge in [-0.1, -0.05) is 6.07 Å². The van der Waals surface area contributed by atoms with E-state index in [1.165, 1.54) is 24.9 Å². The van der Waals surface area contributed by atoms with Crippen LogP contribution in [0.2, 0.25) is 0 Å². The van der Waals surface area contributed by atoms with Gasteiger partial charge in [-0.25, -0.2) is 0 Å². The van der Waals surface area contributed by atoms with Crippen LogP contribution >= 0.6 is 0 Å². The van der Waals surface area contributed by atoms with Crippen LogP contribution in [0.5, 0.6) is 11.5 Å². The average molecular weight is 264 g/mol. The molecule has 1 fully saturated rings. The minimum Gasteiger partial charge on any atom is -0.493 e. The zero-order valence-corrected chi connectivity index (χ0v) is 11.9. The molecule has 0 spiro atoms. The van der Waals surface area contributed by atoms with Gasteiger partial charge in [0.15, 0.2) is 11.5 Å². The van der Waals surface area contributed by atoms with Crippen LogP contribution in [0.4, 0.5) is 0 Å². The molecule has 1 aromatic rings. The van der Waals surface area contributed by atoms with E-state index in [2.05, 4.69) is 16.7 Å². The largest absolute Gasteiger partial charge is 0.493 e. The molecule has 1 aliphatic heterocycles. The van der Waals surface area contributed by atoms with E-state index in [1.54, 1.807) is 14.2 Å². The van der Waals surface area contributed by atoms with E-state index in [0.717, 1.165) is 37.1 Å². The Bertz CT molecular complexity index is 390. The zero-order chi connectivity index (χ0) is 13.5. The molecule has 2 N–H and O–H groups in total. The fourth-order valence-corrected chi connectivity index (χ4v) is 2.51. The maximum absolute atomic E-state index is 5.31. The molecule has 2 rings (SSSR count). The van der Waals surface area contributed by atoms with Gasteiger partial charge in [0, 0.05) is 6.54 Å². The fraction of sp³-hybridized carbons (Fsp3) is 0.600. The molecular weight excluding hydrogens is 240 g/mol. The molecule has 4 heteroatoms. The third-order valence-corrected chi connectivity index (χ3v) is 3.61. The fourth-order valence-electron chi connectivity index (χ4n) is 2.51. The predicted octanol–water partition coefficient (Wildman–Crippen LogP) is 1.79. The van der Waals surface area contributed by atoms with Gasteiger partial charge in [-0.15, -0.1) is 0 Å². The van der Waals surface area contributed by atoms with Gasteiger partial charge in [0.1, 0.15) is 0 Å². The zero-order valence-electron chi connectivity index (χ0n) is 11.9. The highest BCUT2D eigenvalue weighted by molar-refractivity contribution is 5.42. The molecule has 1 heterocycles. The third-order valence-electron chi connectivity index (χ3n) is 3.61. The minimum atomic E-state index is 0.758. The summed E-state index contributed by atoms with van der Waals surface area (Å²) in [6, 6.07) is 6.07. The molecule has 0 bridgehead atoms. The van der Waals surface area contributed by atoms with Crippen LogP contribution in [-0.4, -0.2) is 33.9 Å². The van der Waals surface area contributed by atoms with Crippen LogP contribution in [0.15, 0.2) is 18.2 Å². The van der Waals surface area contributed by atoms with Gasteiger partial charge in [0.2, 0.25) is 0 Å². The molecule has 0 saturated carbocycles. The average Bonchev–Trinajstić information content (AvgIpc) is 2.48. The second-order valence-electron chi connectivity index (χ2n) is 5.03. The van der Waals surface area contributed by atoms with Crippen LogP contribution in [0.3, 0.4) is 0 Å². The topological polar surface area (TPSA) is 42.5 Å². The van der Waals surface area contributed by atoms with E-state index in [9.17, 15) is 0 Å². The first-order chi connectivity index (χ1) is 9.33. The van der Waals surface area contributed by atoms with Gasteiger partial charge in [0.05, 0.1) is 14.2 Å². The maximum Gasteiger partial charge on any atom is 0.161 e. The Morgan fingerprint density at radius 3 is 2.79 bits per heavy atom. The van der Waals surface area contributed by atoms with Crippen molar-refractivity contribution in [1.29, 1.82) is 0 Å². The van der Waals surface area contributed by atoms with E-state index in [1.807, 2.05) is 12.1 Å². The van der Waals surface area contributed by atoms with E-state index >= 15 is 0 Å². The van der Waals surface area contributed by atoms with Gasteiger partial charge in [-0.3, -0.25) is 0 Å². The lowest BCUT2D eigenvalue weighted by molar-refractivity contribution is 0.352. The molecule has 4 nitrogen and oxygen atoms in total. The highest BCUT2D eigenvalue weighted by Gasteiger charge is 2.12. The van der Waals surface area contributed by atoms with Gasteiger partial charge < -0.3 is 20.1 Å². The van der Waals surface area contributed by atoms with Crippen molar-refractivity contribution < 1.29 is 9.47 Å². The van der Waals surface area contributed by atoms with Gasteiger partial charge in [-0.05, 0) is 56.1 Å². The summed E-state index contributed by atoms with van der Waals surface area (Å²) in [5, 5.41) is 6.96. The quantitative estimate of drug-likeness (QED) is 0.822. The lowest BCUT2D eigenvalue weighted by Gasteiger charge is -2.23. The Hall–Kier alpha value is -1.26. The first-order valence-electron chi connectivity index (χ1n) is 6.96. The summed E-state index contributed by atoms with van der Waals surface area (Å²) in [4.78, 5) is 0. The molecule has 1 saturated heterocycles. The molecule has 1 unspecified atom stereocenters. The molecule has 0 aromatic heterocycles. The molecule has 1 aliphatic rings. The third kappa shape index (κ3) is 4.11. The van der Waals surface area contributed by atoms with Gasteiger partial charge in [-0.2, -0.15) is 0 Å². The number of nitrogens with one attached hydrogen (secondary N) is 2. The number of ether oxygens (including phenoxy) is 2. The Balaban J connectivity index is 1.81. The summed E-state index contributed by atoms with van der Waals surface area (Å²) in [6.45, 7) is 4.25. The Morgan fingerprint density at radius 1 is 1.26 bits per heavy atom. The SMILES string of the molecule is COc1ccc(CNCC2CCCNC2)cc1OC. The second-order valence-corrected chi connectivity index (χ2v) is 5.03. The monoisotopic (exact) mass is 264 g/mol. The van der Waals surface area contributed by atoms with E-state index in [0.29, 0.717) is 0 Å². The summed E-state index contributed by atoms with van der Waals surface area (Å²) in [6.07, 6.45) is 2.62. The minimum absolute atomic E-state index is 0.758. The van der Waals surface area contributed by atoms with Crippen LogP contribution < -0.4 is 20.1 Å². The standard InChI is InChI=1S/C15H24N2O2/c1-18-14-6-5-12(8-15(14)19-2)9-17-11-13-4-3-7-16-10-13/h5-6,8,13,16-17H,3-4,7,9-11H2,1-2H3. The summed E-state index contributed by atoms with van der Waals surface area (Å²) in [7, 11) is 3.33. The Kier molecular flexibility index (Phi) is 5.48. The van der Waals surface area contributed by atoms with E-state index < -0.39 is 0 Å². The van der Waals surface area contributed by atoms with Crippen molar-refractivity contribution >= 4 is 0 Å². The van der Waals surface area contributed by atoms with Crippen molar-refractivity contribution in [3.05, 3.63) is 23.8 Å². The van der Waals surface area contributed by atoms with Crippen LogP contribution in [0.1, 0.15) is 18.4 Å². The van der Waals surface area contributed by atoms with Crippen molar-refractivity contribution in [2.24, 2.45) is 5.92 Å². The smallest absolute Gasteiger partial charge is 0.161 e. The summed E-state index contributed by atoms with van der Waals surface area (Å²) in [5.41, 5.74) is 1.22. The highest BCUT2D eigenvalue weighted by Crippen LogP contribution is 2.27. The van der Waals surface area contributed by atoms with Crippen molar-refractivity contribution in [1.82, 2.24) is 10.6 Å². The Labute approximate surface area is 115 Å². The van der Waals surface area contributed by atoms with Crippen LogP contribution in [0, 0.1) is 5.92 Å². The van der Waals surface area contributed by atoms with Crippen molar-refractivity contribution in [3.8, 4) is 11.5 Å². The molecule has 0 amide bonds. The molecule has 0 radical (unpaired) electrons. The summed E-state index contributed by atoms with van der Waals surface area (Å²) in [5.74, 6) is 2.33. The number of benzene rings is 1. The van der Waals surface area contributed by atoms with Crippen molar-refractivity contribution in [3.63, 3.8) is 0 Å². The number of methoxy groups -OCH3 is 2. The number of hydrogen-bond donors (Lipinski definition) is 2. The maximum atomic E-state index is 5.31. The number of piperidine rings is 1. The molecule has 1 aromatic carbocycles. The molecule has 19 heavy (non-hydrogen) atoms. The lowest BCUT2D eigenvalue weighted by atomic mass is 10.00. The molecule has 0 aliphatic carbocycles.